The zero-order chi connectivity index (χ0) is 13.0. The quantitative estimate of drug-likeness (QED) is 0.825. The standard InChI is InChI=1S/C15H20N2O/c1-15(2,3)13-5-4-6-14(11-13)18-10-9-17-8-7-16-12-17/h4-8,11-12H,9-10H2,1-3H3. The smallest absolute Gasteiger partial charge is 0.119 e. The lowest BCUT2D eigenvalue weighted by Crippen LogP contribution is -2.11. The second kappa shape index (κ2) is 5.25. The fourth-order valence-corrected chi connectivity index (χ4v) is 1.74. The third-order valence-electron chi connectivity index (χ3n) is 2.88. The van der Waals surface area contributed by atoms with Gasteiger partial charge in [0.25, 0.3) is 0 Å². The molecule has 2 aromatic rings. The molecule has 0 aliphatic heterocycles. The Morgan fingerprint density at radius 2 is 2.11 bits per heavy atom. The molecule has 0 saturated carbocycles. The molecule has 1 aromatic carbocycles. The Balaban J connectivity index is 1.93. The highest BCUT2D eigenvalue weighted by Gasteiger charge is 2.13. The van der Waals surface area contributed by atoms with Gasteiger partial charge in [-0.2, -0.15) is 0 Å². The summed E-state index contributed by atoms with van der Waals surface area (Å²) < 4.78 is 7.77. The van der Waals surface area contributed by atoms with Crippen molar-refractivity contribution in [2.45, 2.75) is 32.7 Å². The predicted molar refractivity (Wildman–Crippen MR) is 72.9 cm³/mol. The zero-order valence-electron chi connectivity index (χ0n) is 11.3. The third kappa shape index (κ3) is 3.36. The molecule has 0 spiro atoms. The molecule has 0 bridgehead atoms. The Morgan fingerprint density at radius 1 is 1.28 bits per heavy atom. The highest BCUT2D eigenvalue weighted by atomic mass is 16.5. The fourth-order valence-electron chi connectivity index (χ4n) is 1.74. The van der Waals surface area contributed by atoms with Gasteiger partial charge in [0.2, 0.25) is 0 Å². The van der Waals surface area contributed by atoms with E-state index in [0.29, 0.717) is 6.61 Å². The van der Waals surface area contributed by atoms with Crippen molar-refractivity contribution >= 4 is 0 Å². The monoisotopic (exact) mass is 244 g/mol. The largest absolute Gasteiger partial charge is 0.492 e. The first kappa shape index (κ1) is 12.7. The Hall–Kier alpha value is -1.77. The molecule has 0 saturated heterocycles. The van der Waals surface area contributed by atoms with Crippen LogP contribution in [-0.2, 0) is 12.0 Å². The molecule has 2 rings (SSSR count). The van der Waals surface area contributed by atoms with Crippen molar-refractivity contribution in [2.24, 2.45) is 0 Å². The second-order valence-corrected chi connectivity index (χ2v) is 5.43. The summed E-state index contributed by atoms with van der Waals surface area (Å²) in [4.78, 5) is 4.00. The van der Waals surface area contributed by atoms with Gasteiger partial charge >= 0.3 is 0 Å². The maximum absolute atomic E-state index is 5.77. The molecule has 0 unspecified atom stereocenters. The summed E-state index contributed by atoms with van der Waals surface area (Å²) in [6.45, 7) is 8.09. The number of hydrogen-bond acceptors (Lipinski definition) is 2. The van der Waals surface area contributed by atoms with E-state index in [1.54, 1.807) is 12.5 Å². The van der Waals surface area contributed by atoms with Gasteiger partial charge in [0.1, 0.15) is 12.4 Å². The number of ether oxygens (including phenoxy) is 1. The number of imidazole rings is 1. The summed E-state index contributed by atoms with van der Waals surface area (Å²) in [6, 6.07) is 8.31. The molecule has 3 heteroatoms. The van der Waals surface area contributed by atoms with Crippen LogP contribution in [0, 0.1) is 0 Å². The molecule has 0 aliphatic carbocycles. The summed E-state index contributed by atoms with van der Waals surface area (Å²) in [5.74, 6) is 0.933. The highest BCUT2D eigenvalue weighted by molar-refractivity contribution is 5.32. The SMILES string of the molecule is CC(C)(C)c1cccc(OCCn2ccnc2)c1. The summed E-state index contributed by atoms with van der Waals surface area (Å²) in [7, 11) is 0. The van der Waals surface area contributed by atoms with E-state index in [0.717, 1.165) is 12.3 Å². The van der Waals surface area contributed by atoms with Crippen LogP contribution in [0.3, 0.4) is 0 Å². The Labute approximate surface area is 108 Å². The topological polar surface area (TPSA) is 27.1 Å². The normalized spacial score (nSPS) is 11.5. The number of hydrogen-bond donors (Lipinski definition) is 0. The average molecular weight is 244 g/mol. The molecule has 1 heterocycles. The number of benzene rings is 1. The van der Waals surface area contributed by atoms with E-state index < -0.39 is 0 Å². The number of rotatable bonds is 4. The van der Waals surface area contributed by atoms with Crippen molar-refractivity contribution in [2.75, 3.05) is 6.61 Å². The van der Waals surface area contributed by atoms with Gasteiger partial charge in [-0.05, 0) is 23.1 Å². The molecule has 18 heavy (non-hydrogen) atoms. The van der Waals surface area contributed by atoms with Crippen LogP contribution in [0.15, 0.2) is 43.0 Å². The van der Waals surface area contributed by atoms with E-state index >= 15 is 0 Å². The summed E-state index contributed by atoms with van der Waals surface area (Å²) in [6.07, 6.45) is 5.52. The summed E-state index contributed by atoms with van der Waals surface area (Å²) in [5, 5.41) is 0. The number of nitrogens with zero attached hydrogens (tertiary/aromatic N) is 2. The van der Waals surface area contributed by atoms with Gasteiger partial charge in [-0.1, -0.05) is 32.9 Å². The van der Waals surface area contributed by atoms with Crippen LogP contribution in [0.2, 0.25) is 0 Å². The molecule has 0 N–H and O–H groups in total. The van der Waals surface area contributed by atoms with Crippen LogP contribution in [0.1, 0.15) is 26.3 Å². The van der Waals surface area contributed by atoms with Crippen molar-refractivity contribution in [1.82, 2.24) is 9.55 Å². The first-order chi connectivity index (χ1) is 8.55. The molecule has 0 fully saturated rings. The molecule has 3 nitrogen and oxygen atoms in total. The van der Waals surface area contributed by atoms with E-state index in [2.05, 4.69) is 37.9 Å². The predicted octanol–water partition coefficient (Wildman–Crippen LogP) is 3.26. The maximum Gasteiger partial charge on any atom is 0.119 e. The Bertz CT molecular complexity index is 483. The highest BCUT2D eigenvalue weighted by Crippen LogP contribution is 2.25. The second-order valence-electron chi connectivity index (χ2n) is 5.43. The van der Waals surface area contributed by atoms with E-state index in [1.807, 2.05) is 22.9 Å². The first-order valence-corrected chi connectivity index (χ1v) is 6.25. The average Bonchev–Trinajstić information content (AvgIpc) is 2.81. The lowest BCUT2D eigenvalue weighted by molar-refractivity contribution is 0.297. The van der Waals surface area contributed by atoms with Crippen LogP contribution in [0.25, 0.3) is 0 Å². The van der Waals surface area contributed by atoms with Crippen molar-refractivity contribution < 1.29 is 4.74 Å². The van der Waals surface area contributed by atoms with Crippen molar-refractivity contribution in [3.05, 3.63) is 48.5 Å². The van der Waals surface area contributed by atoms with E-state index in [1.165, 1.54) is 5.56 Å². The van der Waals surface area contributed by atoms with Crippen molar-refractivity contribution in [1.29, 1.82) is 0 Å². The Morgan fingerprint density at radius 3 is 2.78 bits per heavy atom. The van der Waals surface area contributed by atoms with E-state index in [-0.39, 0.29) is 5.41 Å². The minimum absolute atomic E-state index is 0.156. The summed E-state index contributed by atoms with van der Waals surface area (Å²) >= 11 is 0. The van der Waals surface area contributed by atoms with Gasteiger partial charge in [-0.15, -0.1) is 0 Å². The van der Waals surface area contributed by atoms with Gasteiger partial charge in [-0.25, -0.2) is 4.98 Å². The lowest BCUT2D eigenvalue weighted by Gasteiger charge is -2.19. The lowest BCUT2D eigenvalue weighted by atomic mass is 9.87. The van der Waals surface area contributed by atoms with Crippen LogP contribution in [0.4, 0.5) is 0 Å². The minimum atomic E-state index is 0.156. The van der Waals surface area contributed by atoms with Gasteiger partial charge in [0.05, 0.1) is 12.9 Å². The number of aromatic nitrogens is 2. The van der Waals surface area contributed by atoms with Gasteiger partial charge < -0.3 is 9.30 Å². The molecule has 0 aliphatic rings. The fraction of sp³-hybridized carbons (Fsp3) is 0.400. The van der Waals surface area contributed by atoms with E-state index in [4.69, 9.17) is 4.74 Å². The van der Waals surface area contributed by atoms with Crippen molar-refractivity contribution in [3.8, 4) is 5.75 Å². The molecule has 1 aromatic heterocycles. The van der Waals surface area contributed by atoms with Gasteiger partial charge in [0, 0.05) is 12.4 Å². The van der Waals surface area contributed by atoms with Crippen LogP contribution in [0.5, 0.6) is 5.75 Å². The maximum atomic E-state index is 5.77. The summed E-state index contributed by atoms with van der Waals surface area (Å²) in [5.41, 5.74) is 1.45. The minimum Gasteiger partial charge on any atom is -0.492 e. The molecule has 0 radical (unpaired) electrons. The first-order valence-electron chi connectivity index (χ1n) is 6.25. The van der Waals surface area contributed by atoms with Gasteiger partial charge in [-0.3, -0.25) is 0 Å². The van der Waals surface area contributed by atoms with Crippen LogP contribution < -0.4 is 4.74 Å². The Kier molecular flexibility index (Phi) is 3.70. The molecule has 96 valence electrons. The molecular weight excluding hydrogens is 224 g/mol. The van der Waals surface area contributed by atoms with Crippen LogP contribution in [-0.4, -0.2) is 16.2 Å². The van der Waals surface area contributed by atoms with Crippen LogP contribution >= 0.6 is 0 Å². The van der Waals surface area contributed by atoms with E-state index in [9.17, 15) is 0 Å². The third-order valence-corrected chi connectivity index (χ3v) is 2.88. The molecule has 0 amide bonds. The van der Waals surface area contributed by atoms with Crippen molar-refractivity contribution in [3.63, 3.8) is 0 Å². The van der Waals surface area contributed by atoms with Gasteiger partial charge in [0.15, 0.2) is 0 Å². The zero-order valence-corrected chi connectivity index (χ0v) is 11.3. The molecule has 0 atom stereocenters. The molecular formula is C15H20N2O.